The van der Waals surface area contributed by atoms with Gasteiger partial charge in [-0.3, -0.25) is 29.0 Å². The number of ether oxygens (including phenoxy) is 7. The molecule has 0 bridgehead atoms. The maximum Gasteiger partial charge on any atom is 0.343 e. The number of phenolic OH excluding ortho intramolecular Hbond substituents is 1. The van der Waals surface area contributed by atoms with Crippen LogP contribution in [0.2, 0.25) is 0 Å². The zero-order valence-electron chi connectivity index (χ0n) is 42.1. The minimum Gasteiger partial charge on any atom is -0.504 e. The van der Waals surface area contributed by atoms with E-state index in [9.17, 15) is 24.3 Å². The van der Waals surface area contributed by atoms with E-state index in [1.807, 2.05) is 51.8 Å². The van der Waals surface area contributed by atoms with Crippen LogP contribution in [0.1, 0.15) is 130 Å². The highest BCUT2D eigenvalue weighted by molar-refractivity contribution is 5.90. The molecule has 5 aromatic rings. The van der Waals surface area contributed by atoms with Gasteiger partial charge in [-0.2, -0.15) is 0 Å². The molecule has 378 valence electrons. The fourth-order valence-electron chi connectivity index (χ4n) is 10.3. The minimum absolute atomic E-state index is 0.00261. The third kappa shape index (κ3) is 10.2. The Bertz CT molecular complexity index is 2870. The number of methoxy groups -OCH3 is 2. The van der Waals surface area contributed by atoms with Gasteiger partial charge in [0.1, 0.15) is 17.7 Å². The van der Waals surface area contributed by atoms with E-state index in [2.05, 4.69) is 43.8 Å². The molecule has 0 aliphatic carbocycles. The average Bonchev–Trinajstić information content (AvgIpc) is 3.85. The molecule has 2 saturated heterocycles. The van der Waals surface area contributed by atoms with Crippen LogP contribution in [0.15, 0.2) is 88.7 Å². The van der Waals surface area contributed by atoms with Crippen molar-refractivity contribution in [3.63, 3.8) is 0 Å². The molecule has 16 heteroatoms. The predicted octanol–water partition coefficient (Wildman–Crippen LogP) is 8.63. The summed E-state index contributed by atoms with van der Waals surface area (Å²) < 4.78 is 42.7. The summed E-state index contributed by atoms with van der Waals surface area (Å²) in [5.74, 6) is 0.473. The van der Waals surface area contributed by atoms with E-state index in [4.69, 9.17) is 33.2 Å². The number of aromatic hydroxyl groups is 1. The molecule has 4 aliphatic rings. The van der Waals surface area contributed by atoms with Crippen molar-refractivity contribution in [2.24, 2.45) is 0 Å². The van der Waals surface area contributed by atoms with E-state index in [0.29, 0.717) is 68.1 Å². The van der Waals surface area contributed by atoms with Gasteiger partial charge in [0.25, 0.3) is 0 Å². The van der Waals surface area contributed by atoms with Crippen LogP contribution in [-0.4, -0.2) is 91.3 Å². The number of hydrogen-bond donors (Lipinski definition) is 1. The van der Waals surface area contributed by atoms with Crippen molar-refractivity contribution in [2.45, 2.75) is 110 Å². The Morgan fingerprint density at radius 2 is 1.08 bits per heavy atom. The van der Waals surface area contributed by atoms with Gasteiger partial charge in [-0.25, -0.2) is 9.59 Å². The van der Waals surface area contributed by atoms with Crippen molar-refractivity contribution in [1.82, 2.24) is 9.35 Å². The summed E-state index contributed by atoms with van der Waals surface area (Å²) in [5, 5.41) is 15.1. The van der Waals surface area contributed by atoms with E-state index < -0.39 is 17.4 Å². The third-order valence-corrected chi connectivity index (χ3v) is 13.7. The number of rotatable bonds is 17. The van der Waals surface area contributed by atoms with Crippen molar-refractivity contribution < 1.29 is 47.9 Å². The number of phenols is 1. The molecule has 3 aromatic carbocycles. The second-order valence-corrected chi connectivity index (χ2v) is 19.4. The summed E-state index contributed by atoms with van der Waals surface area (Å²) in [4.78, 5) is 50.9. The van der Waals surface area contributed by atoms with E-state index in [0.717, 1.165) is 59.9 Å². The minimum atomic E-state index is -0.630. The van der Waals surface area contributed by atoms with Gasteiger partial charge in [0.15, 0.2) is 33.9 Å². The van der Waals surface area contributed by atoms with Crippen LogP contribution in [-0.2, 0) is 25.6 Å². The number of fused-ring (bicyclic) bond motifs is 12. The Hall–Kier alpha value is -6.78. The topological polar surface area (TPSA) is 169 Å². The Morgan fingerprint density at radius 3 is 1.58 bits per heavy atom. The molecular weight excluding hydrogens is 909 g/mol. The molecule has 0 radical (unpaired) electrons. The van der Waals surface area contributed by atoms with Gasteiger partial charge in [-0.15, -0.1) is 0 Å². The first kappa shape index (κ1) is 50.6. The van der Waals surface area contributed by atoms with Crippen molar-refractivity contribution in [3.05, 3.63) is 127 Å². The first-order valence-corrected chi connectivity index (χ1v) is 24.5. The van der Waals surface area contributed by atoms with Crippen LogP contribution in [0, 0.1) is 0 Å². The SMILES string of the molecule is CCOC(=O)c1cn2c(cc1=O)-c1cc(O)c(OCCCOC)cc1C1CCC(C)(C)N12.CCOC(=O)c1cn2c(cc1=O)-c1cc(OCc3ccccc3)c(OCCCOC)cc1C1CCC(C)(C)N12. The van der Waals surface area contributed by atoms with Crippen LogP contribution in [0.25, 0.3) is 22.5 Å². The van der Waals surface area contributed by atoms with Crippen LogP contribution >= 0.6 is 0 Å². The molecule has 4 aliphatic heterocycles. The zero-order valence-corrected chi connectivity index (χ0v) is 42.1. The second kappa shape index (κ2) is 21.3. The van der Waals surface area contributed by atoms with Crippen LogP contribution in [0.3, 0.4) is 0 Å². The van der Waals surface area contributed by atoms with E-state index in [1.165, 1.54) is 12.1 Å². The number of hydrogen-bond acceptors (Lipinski definition) is 14. The van der Waals surface area contributed by atoms with Crippen LogP contribution < -0.4 is 35.1 Å². The molecule has 2 atom stereocenters. The summed E-state index contributed by atoms with van der Waals surface area (Å²) in [5.41, 5.74) is 4.99. The second-order valence-electron chi connectivity index (χ2n) is 19.4. The molecule has 0 amide bonds. The molecule has 2 fully saturated rings. The van der Waals surface area contributed by atoms with E-state index in [-0.39, 0.29) is 58.7 Å². The Morgan fingerprint density at radius 1 is 0.620 bits per heavy atom. The van der Waals surface area contributed by atoms with Crippen molar-refractivity contribution in [1.29, 1.82) is 0 Å². The maximum atomic E-state index is 13.1. The normalized spacial score (nSPS) is 17.3. The van der Waals surface area contributed by atoms with Gasteiger partial charge < -0.3 is 38.3 Å². The number of esters is 2. The highest BCUT2D eigenvalue weighted by Gasteiger charge is 2.47. The summed E-state index contributed by atoms with van der Waals surface area (Å²) in [7, 11) is 3.32. The molecular formula is C55H66N4O12. The largest absolute Gasteiger partial charge is 0.504 e. The quantitative estimate of drug-likeness (QED) is 0.0694. The monoisotopic (exact) mass is 974 g/mol. The standard InChI is InChI=1S/C31H36N2O6.C24H30N2O6/c1-5-37-30(35)24-19-32-26(18-27(24)34)23-17-29(39-20-21-10-7-6-8-11-21)28(38-15-9-14-36-4)16-22(23)25-12-13-31(2,3)33(25)32;1-5-31-23(29)17-14-25-19(13-20(17)27)15-11-21(28)22(32-10-6-9-30-4)12-16(15)18-7-8-24(2,3)26(18)25/h6-8,10-11,16-19,25H,5,9,12-15,20H2,1-4H3;11-14,18,28H,5-10H2,1-4H3. The number of aromatic nitrogens is 2. The Balaban J connectivity index is 0.000000194. The fourth-order valence-corrected chi connectivity index (χ4v) is 10.3. The van der Waals surface area contributed by atoms with Gasteiger partial charge in [0.05, 0.1) is 61.0 Å². The third-order valence-electron chi connectivity index (χ3n) is 13.7. The van der Waals surface area contributed by atoms with E-state index >= 15 is 0 Å². The van der Waals surface area contributed by atoms with Crippen molar-refractivity contribution in [3.8, 4) is 45.5 Å². The van der Waals surface area contributed by atoms with Gasteiger partial charge in [0.2, 0.25) is 0 Å². The highest BCUT2D eigenvalue weighted by Crippen LogP contribution is 2.52. The summed E-state index contributed by atoms with van der Waals surface area (Å²) >= 11 is 0. The average molecular weight is 975 g/mol. The van der Waals surface area contributed by atoms with Crippen LogP contribution in [0.4, 0.5) is 0 Å². The Labute approximate surface area is 414 Å². The molecule has 1 N–H and O–H groups in total. The molecule has 2 unspecified atom stereocenters. The lowest BCUT2D eigenvalue weighted by Gasteiger charge is -2.44. The smallest absolute Gasteiger partial charge is 0.343 e. The van der Waals surface area contributed by atoms with E-state index in [1.54, 1.807) is 46.5 Å². The molecule has 0 spiro atoms. The first-order chi connectivity index (χ1) is 34.1. The Kier molecular flexibility index (Phi) is 15.2. The van der Waals surface area contributed by atoms with Gasteiger partial charge >= 0.3 is 11.9 Å². The van der Waals surface area contributed by atoms with Gasteiger partial charge in [0, 0.05) is 75.9 Å². The highest BCUT2D eigenvalue weighted by atomic mass is 16.5. The lowest BCUT2D eigenvalue weighted by molar-refractivity contribution is 0.0514. The molecule has 9 rings (SSSR count). The first-order valence-electron chi connectivity index (χ1n) is 24.5. The number of carbonyl (C=O) groups is 2. The van der Waals surface area contributed by atoms with Crippen molar-refractivity contribution >= 4 is 11.9 Å². The van der Waals surface area contributed by atoms with Gasteiger partial charge in [-0.05, 0) is 108 Å². The summed E-state index contributed by atoms with van der Waals surface area (Å²) in [6, 6.07) is 20.6. The number of carbonyl (C=O) groups excluding carboxylic acids is 2. The number of nitrogens with zero attached hydrogens (tertiary/aromatic N) is 4. The lowest BCUT2D eigenvalue weighted by atomic mass is 9.93. The molecule has 16 nitrogen and oxygen atoms in total. The fraction of sp³-hybridized carbons (Fsp3) is 0.455. The molecule has 6 heterocycles. The van der Waals surface area contributed by atoms with Crippen LogP contribution in [0.5, 0.6) is 23.0 Å². The predicted molar refractivity (Wildman–Crippen MR) is 269 cm³/mol. The molecule has 2 aromatic heterocycles. The molecule has 71 heavy (non-hydrogen) atoms. The van der Waals surface area contributed by atoms with Gasteiger partial charge in [-0.1, -0.05) is 30.3 Å². The van der Waals surface area contributed by atoms with Crippen molar-refractivity contribution in [2.75, 3.05) is 63.9 Å². The summed E-state index contributed by atoms with van der Waals surface area (Å²) in [6.07, 6.45) is 8.38. The number of pyridine rings is 2. The number of benzene rings is 3. The lowest BCUT2D eigenvalue weighted by Crippen LogP contribution is -2.50. The molecule has 0 saturated carbocycles. The zero-order chi connectivity index (χ0) is 50.6. The summed E-state index contributed by atoms with van der Waals surface area (Å²) in [6.45, 7) is 15.0. The maximum absolute atomic E-state index is 13.1.